The number of hydrogen-bond donors (Lipinski definition) is 2. The fourth-order valence-electron chi connectivity index (χ4n) is 1.61. The second-order valence-electron chi connectivity index (χ2n) is 3.95. The van der Waals surface area contributed by atoms with Gasteiger partial charge < -0.3 is 5.32 Å². The summed E-state index contributed by atoms with van der Waals surface area (Å²) in [5.74, 6) is -0.612. The van der Waals surface area contributed by atoms with Crippen molar-refractivity contribution in [2.24, 2.45) is 0 Å². The molecule has 104 valence electrons. The molecule has 1 fully saturated rings. The van der Waals surface area contributed by atoms with Crippen LogP contribution >= 0.6 is 11.8 Å². The van der Waals surface area contributed by atoms with Crippen molar-refractivity contribution in [3.8, 4) is 0 Å². The first-order valence-corrected chi connectivity index (χ1v) is 6.52. The van der Waals surface area contributed by atoms with Crippen molar-refractivity contribution in [1.29, 1.82) is 0 Å². The molecule has 1 aromatic carbocycles. The third kappa shape index (κ3) is 3.38. The highest BCUT2D eigenvalue weighted by Crippen LogP contribution is 2.33. The van der Waals surface area contributed by atoms with E-state index in [9.17, 15) is 22.4 Å². The summed E-state index contributed by atoms with van der Waals surface area (Å²) in [6, 6.07) is 1.94. The monoisotopic (exact) mass is 294 g/mol. The van der Waals surface area contributed by atoms with Crippen LogP contribution in [0.15, 0.2) is 18.2 Å². The molecule has 1 saturated heterocycles. The molecule has 0 radical (unpaired) electrons. The molecule has 19 heavy (non-hydrogen) atoms. The van der Waals surface area contributed by atoms with E-state index < -0.39 is 29.5 Å². The third-order valence-corrected chi connectivity index (χ3v) is 3.51. The number of hydrogen-bond acceptors (Lipinski definition) is 3. The van der Waals surface area contributed by atoms with Crippen LogP contribution in [0.4, 0.5) is 23.2 Å². The zero-order chi connectivity index (χ0) is 14.0. The molecule has 3 nitrogen and oxygen atoms in total. The predicted molar refractivity (Wildman–Crippen MR) is 64.3 cm³/mol. The van der Waals surface area contributed by atoms with Crippen molar-refractivity contribution in [3.63, 3.8) is 0 Å². The van der Waals surface area contributed by atoms with Crippen molar-refractivity contribution in [2.75, 3.05) is 16.9 Å². The molecule has 8 heteroatoms. The molecule has 0 aromatic heterocycles. The average molecular weight is 294 g/mol. The van der Waals surface area contributed by atoms with Crippen LogP contribution in [0.3, 0.4) is 0 Å². The van der Waals surface area contributed by atoms with Gasteiger partial charge in [-0.1, -0.05) is 0 Å². The maximum absolute atomic E-state index is 13.1. The van der Waals surface area contributed by atoms with Gasteiger partial charge in [0, 0.05) is 17.3 Å². The highest BCUT2D eigenvalue weighted by molar-refractivity contribution is 7.99. The number of anilines is 1. The summed E-state index contributed by atoms with van der Waals surface area (Å²) >= 11 is 1.52. The lowest BCUT2D eigenvalue weighted by Crippen LogP contribution is -2.37. The summed E-state index contributed by atoms with van der Waals surface area (Å²) in [6.45, 7) is 0. The average Bonchev–Trinajstić information content (AvgIpc) is 2.83. The van der Waals surface area contributed by atoms with Crippen LogP contribution in [-0.2, 0) is 11.0 Å². The second kappa shape index (κ2) is 5.38. The van der Waals surface area contributed by atoms with E-state index in [1.165, 1.54) is 11.8 Å². The Morgan fingerprint density at radius 3 is 2.74 bits per heavy atom. The number of amides is 1. The molecular weight excluding hydrogens is 284 g/mol. The molecule has 1 aliphatic rings. The van der Waals surface area contributed by atoms with Crippen LogP contribution in [0.2, 0.25) is 0 Å². The Balaban J connectivity index is 2.15. The maximum atomic E-state index is 13.1. The minimum absolute atomic E-state index is 0.0718. The number of carbonyl (C=O) groups is 1. The molecule has 2 rings (SSSR count). The van der Waals surface area contributed by atoms with E-state index in [1.807, 2.05) is 0 Å². The first-order valence-electron chi connectivity index (χ1n) is 5.36. The molecule has 1 atom stereocenters. The molecule has 0 spiro atoms. The SMILES string of the molecule is O=C(Nc1ccc(F)c(C(F)(F)F)c1)C1CSCN1. The Hall–Kier alpha value is -1.28. The summed E-state index contributed by atoms with van der Waals surface area (Å²) in [6.07, 6.45) is -4.79. The van der Waals surface area contributed by atoms with Crippen molar-refractivity contribution in [1.82, 2.24) is 5.32 Å². The Morgan fingerprint density at radius 2 is 2.16 bits per heavy atom. The zero-order valence-electron chi connectivity index (χ0n) is 9.55. The smallest absolute Gasteiger partial charge is 0.325 e. The van der Waals surface area contributed by atoms with Gasteiger partial charge in [-0.3, -0.25) is 10.1 Å². The zero-order valence-corrected chi connectivity index (χ0v) is 10.4. The van der Waals surface area contributed by atoms with Gasteiger partial charge >= 0.3 is 6.18 Å². The Labute approximate surface area is 110 Å². The number of alkyl halides is 3. The third-order valence-electron chi connectivity index (χ3n) is 2.57. The number of thioether (sulfide) groups is 1. The van der Waals surface area contributed by atoms with E-state index >= 15 is 0 Å². The van der Waals surface area contributed by atoms with Gasteiger partial charge in [0.25, 0.3) is 0 Å². The first kappa shape index (κ1) is 14.1. The van der Waals surface area contributed by atoms with Gasteiger partial charge in [-0.05, 0) is 18.2 Å². The molecule has 1 heterocycles. The van der Waals surface area contributed by atoms with Crippen molar-refractivity contribution >= 4 is 23.4 Å². The lowest BCUT2D eigenvalue weighted by molar-refractivity contribution is -0.140. The number of carbonyl (C=O) groups excluding carboxylic acids is 1. The van der Waals surface area contributed by atoms with E-state index in [4.69, 9.17) is 0 Å². The van der Waals surface area contributed by atoms with Gasteiger partial charge in [0.1, 0.15) is 5.82 Å². The number of benzene rings is 1. The van der Waals surface area contributed by atoms with Crippen molar-refractivity contribution in [2.45, 2.75) is 12.2 Å². The number of rotatable bonds is 2. The van der Waals surface area contributed by atoms with E-state index in [1.54, 1.807) is 0 Å². The molecule has 0 saturated carbocycles. The quantitative estimate of drug-likeness (QED) is 0.823. The number of halogens is 4. The van der Waals surface area contributed by atoms with Gasteiger partial charge in [-0.25, -0.2) is 4.39 Å². The molecule has 2 N–H and O–H groups in total. The fourth-order valence-corrected chi connectivity index (χ4v) is 2.56. The highest BCUT2D eigenvalue weighted by Gasteiger charge is 2.34. The Kier molecular flexibility index (Phi) is 4.00. The maximum Gasteiger partial charge on any atom is 0.419 e. The summed E-state index contributed by atoms with van der Waals surface area (Å²) < 4.78 is 50.6. The molecule has 1 aliphatic heterocycles. The Bertz CT molecular complexity index is 486. The molecule has 0 bridgehead atoms. The molecule has 0 aliphatic carbocycles. The fraction of sp³-hybridized carbons (Fsp3) is 0.364. The molecular formula is C11H10F4N2OS. The minimum Gasteiger partial charge on any atom is -0.325 e. The summed E-state index contributed by atoms with van der Waals surface area (Å²) in [4.78, 5) is 11.7. The van der Waals surface area contributed by atoms with Crippen LogP contribution in [0.25, 0.3) is 0 Å². The highest BCUT2D eigenvalue weighted by atomic mass is 32.2. The van der Waals surface area contributed by atoms with E-state index in [0.29, 0.717) is 23.8 Å². The van der Waals surface area contributed by atoms with Gasteiger partial charge in [0.05, 0.1) is 11.6 Å². The summed E-state index contributed by atoms with van der Waals surface area (Å²) in [5, 5.41) is 5.23. The van der Waals surface area contributed by atoms with Gasteiger partial charge in [-0.15, -0.1) is 11.8 Å². The minimum atomic E-state index is -4.79. The number of nitrogens with one attached hydrogen (secondary N) is 2. The van der Waals surface area contributed by atoms with E-state index in [-0.39, 0.29) is 5.69 Å². The van der Waals surface area contributed by atoms with Gasteiger partial charge in [0.2, 0.25) is 5.91 Å². The van der Waals surface area contributed by atoms with Gasteiger partial charge in [0.15, 0.2) is 0 Å². The molecule has 1 unspecified atom stereocenters. The predicted octanol–water partition coefficient (Wildman–Crippen LogP) is 2.45. The van der Waals surface area contributed by atoms with Crippen LogP contribution in [-0.4, -0.2) is 23.6 Å². The van der Waals surface area contributed by atoms with Crippen LogP contribution in [0, 0.1) is 5.82 Å². The normalized spacial score (nSPS) is 19.5. The second-order valence-corrected chi connectivity index (χ2v) is 4.98. The summed E-state index contributed by atoms with van der Waals surface area (Å²) in [5.41, 5.74) is -1.46. The van der Waals surface area contributed by atoms with Crippen LogP contribution < -0.4 is 10.6 Å². The summed E-state index contributed by atoms with van der Waals surface area (Å²) in [7, 11) is 0. The standard InChI is InChI=1S/C11H10F4N2OS/c12-8-2-1-6(3-7(8)11(13,14)15)17-10(18)9-4-19-5-16-9/h1-3,9,16H,4-5H2,(H,17,18). The van der Waals surface area contributed by atoms with E-state index in [2.05, 4.69) is 10.6 Å². The molecule has 1 aromatic rings. The van der Waals surface area contributed by atoms with E-state index in [0.717, 1.165) is 6.07 Å². The lowest BCUT2D eigenvalue weighted by Gasteiger charge is -2.13. The largest absolute Gasteiger partial charge is 0.419 e. The topological polar surface area (TPSA) is 41.1 Å². The molecule has 1 amide bonds. The van der Waals surface area contributed by atoms with Gasteiger partial charge in [-0.2, -0.15) is 13.2 Å². The van der Waals surface area contributed by atoms with Crippen molar-refractivity contribution < 1.29 is 22.4 Å². The lowest BCUT2D eigenvalue weighted by atomic mass is 10.1. The van der Waals surface area contributed by atoms with Crippen molar-refractivity contribution in [3.05, 3.63) is 29.6 Å². The van der Waals surface area contributed by atoms with Crippen LogP contribution in [0.1, 0.15) is 5.56 Å². The Morgan fingerprint density at radius 1 is 1.42 bits per heavy atom. The first-order chi connectivity index (χ1) is 8.88. The van der Waals surface area contributed by atoms with Crippen LogP contribution in [0.5, 0.6) is 0 Å².